The summed E-state index contributed by atoms with van der Waals surface area (Å²) in [5, 5.41) is 3.01. The largest absolute Gasteiger partial charge is 0.373 e. The van der Waals surface area contributed by atoms with Gasteiger partial charge in [-0.25, -0.2) is 4.98 Å². The maximum Gasteiger partial charge on any atom is 0.125 e. The van der Waals surface area contributed by atoms with Crippen LogP contribution in [0.15, 0.2) is 47.1 Å². The van der Waals surface area contributed by atoms with Crippen molar-refractivity contribution in [2.75, 3.05) is 12.4 Å². The highest BCUT2D eigenvalue weighted by Gasteiger charge is 1.97. The average Bonchev–Trinajstić information content (AvgIpc) is 2.41. The van der Waals surface area contributed by atoms with Gasteiger partial charge in [0.1, 0.15) is 5.82 Å². The fraction of sp³-hybridized carbons (Fsp3) is 0.214. The van der Waals surface area contributed by atoms with Gasteiger partial charge in [0.2, 0.25) is 0 Å². The van der Waals surface area contributed by atoms with Gasteiger partial charge in [-0.15, -0.1) is 0 Å². The van der Waals surface area contributed by atoms with E-state index in [9.17, 15) is 0 Å². The summed E-state index contributed by atoms with van der Waals surface area (Å²) >= 11 is 3.41. The van der Waals surface area contributed by atoms with Gasteiger partial charge in [0, 0.05) is 17.7 Å². The van der Waals surface area contributed by atoms with E-state index in [0.717, 1.165) is 15.9 Å². The lowest BCUT2D eigenvalue weighted by Crippen LogP contribution is -1.97. The first kappa shape index (κ1) is 13.1. The molecule has 0 atom stereocenters. The SMILES string of the molecule is CNc1cc(COCc2ccc(Br)cc2)ccn1. The van der Waals surface area contributed by atoms with Gasteiger partial charge in [0.05, 0.1) is 13.2 Å². The topological polar surface area (TPSA) is 34.1 Å². The number of rotatable bonds is 5. The number of hydrogen-bond donors (Lipinski definition) is 1. The summed E-state index contributed by atoms with van der Waals surface area (Å²) < 4.78 is 6.76. The fourth-order valence-corrected chi connectivity index (χ4v) is 1.83. The van der Waals surface area contributed by atoms with Crippen molar-refractivity contribution < 1.29 is 4.74 Å². The van der Waals surface area contributed by atoms with Crippen LogP contribution in [0.4, 0.5) is 5.82 Å². The Morgan fingerprint density at radius 2 is 1.83 bits per heavy atom. The molecule has 0 unspecified atom stereocenters. The summed E-state index contributed by atoms with van der Waals surface area (Å²) in [7, 11) is 1.86. The maximum absolute atomic E-state index is 5.67. The molecule has 0 aliphatic rings. The third kappa shape index (κ3) is 3.82. The van der Waals surface area contributed by atoms with Gasteiger partial charge < -0.3 is 10.1 Å². The number of anilines is 1. The third-order valence-electron chi connectivity index (χ3n) is 2.53. The van der Waals surface area contributed by atoms with Gasteiger partial charge in [-0.2, -0.15) is 0 Å². The van der Waals surface area contributed by atoms with Crippen LogP contribution in [-0.2, 0) is 18.0 Å². The number of ether oxygens (including phenoxy) is 1. The van der Waals surface area contributed by atoms with Crippen LogP contribution >= 0.6 is 15.9 Å². The van der Waals surface area contributed by atoms with Crippen molar-refractivity contribution in [2.45, 2.75) is 13.2 Å². The van der Waals surface area contributed by atoms with E-state index in [1.807, 2.05) is 31.3 Å². The lowest BCUT2D eigenvalue weighted by Gasteiger charge is -2.06. The Balaban J connectivity index is 1.86. The second-order valence-electron chi connectivity index (χ2n) is 3.92. The van der Waals surface area contributed by atoms with Crippen LogP contribution in [0.2, 0.25) is 0 Å². The molecule has 0 saturated carbocycles. The minimum absolute atomic E-state index is 0.591. The number of aromatic nitrogens is 1. The smallest absolute Gasteiger partial charge is 0.125 e. The zero-order valence-electron chi connectivity index (χ0n) is 10.2. The molecule has 2 rings (SSSR count). The molecule has 0 fully saturated rings. The molecular formula is C14H15BrN2O. The number of hydrogen-bond acceptors (Lipinski definition) is 3. The van der Waals surface area contributed by atoms with Crippen LogP contribution in [0.1, 0.15) is 11.1 Å². The molecule has 0 saturated heterocycles. The maximum atomic E-state index is 5.67. The lowest BCUT2D eigenvalue weighted by atomic mass is 10.2. The lowest BCUT2D eigenvalue weighted by molar-refractivity contribution is 0.107. The Labute approximate surface area is 115 Å². The Kier molecular flexibility index (Phi) is 4.73. The van der Waals surface area contributed by atoms with Gasteiger partial charge in [-0.3, -0.25) is 0 Å². The van der Waals surface area contributed by atoms with Crippen LogP contribution < -0.4 is 5.32 Å². The fourth-order valence-electron chi connectivity index (χ4n) is 1.57. The summed E-state index contributed by atoms with van der Waals surface area (Å²) in [5.41, 5.74) is 2.28. The Bertz CT molecular complexity index is 499. The molecule has 18 heavy (non-hydrogen) atoms. The molecule has 0 amide bonds. The van der Waals surface area contributed by atoms with Gasteiger partial charge in [-0.05, 0) is 35.4 Å². The van der Waals surface area contributed by atoms with E-state index in [-0.39, 0.29) is 0 Å². The second kappa shape index (κ2) is 6.52. The van der Waals surface area contributed by atoms with Gasteiger partial charge in [0.25, 0.3) is 0 Å². The van der Waals surface area contributed by atoms with E-state index in [2.05, 4.69) is 38.4 Å². The van der Waals surface area contributed by atoms with Crippen molar-refractivity contribution in [3.8, 4) is 0 Å². The van der Waals surface area contributed by atoms with Crippen LogP contribution in [0, 0.1) is 0 Å². The number of nitrogens with zero attached hydrogens (tertiary/aromatic N) is 1. The summed E-state index contributed by atoms with van der Waals surface area (Å²) in [4.78, 5) is 4.16. The van der Waals surface area contributed by atoms with Crippen LogP contribution in [0.5, 0.6) is 0 Å². The predicted molar refractivity (Wildman–Crippen MR) is 76.4 cm³/mol. The number of benzene rings is 1. The van der Waals surface area contributed by atoms with Gasteiger partial charge in [-0.1, -0.05) is 28.1 Å². The first-order valence-corrected chi connectivity index (χ1v) is 6.52. The molecule has 1 aromatic heterocycles. The summed E-state index contributed by atoms with van der Waals surface area (Å²) in [6.45, 7) is 1.21. The van der Waals surface area contributed by atoms with E-state index in [1.165, 1.54) is 5.56 Å². The van der Waals surface area contributed by atoms with Crippen LogP contribution in [0.3, 0.4) is 0 Å². The summed E-state index contributed by atoms with van der Waals surface area (Å²) in [6.07, 6.45) is 1.78. The molecule has 94 valence electrons. The van der Waals surface area contributed by atoms with Crippen molar-refractivity contribution in [2.24, 2.45) is 0 Å². The van der Waals surface area contributed by atoms with Gasteiger partial charge >= 0.3 is 0 Å². The van der Waals surface area contributed by atoms with E-state index in [4.69, 9.17) is 4.74 Å². The molecular weight excluding hydrogens is 292 g/mol. The predicted octanol–water partition coefficient (Wildman–Crippen LogP) is 3.60. The first-order chi connectivity index (χ1) is 8.78. The summed E-state index contributed by atoms with van der Waals surface area (Å²) in [5.74, 6) is 0.861. The van der Waals surface area contributed by atoms with Crippen molar-refractivity contribution in [1.82, 2.24) is 4.98 Å². The Hall–Kier alpha value is -1.39. The molecule has 1 N–H and O–H groups in total. The highest BCUT2D eigenvalue weighted by atomic mass is 79.9. The normalized spacial score (nSPS) is 10.3. The van der Waals surface area contributed by atoms with E-state index in [1.54, 1.807) is 6.20 Å². The highest BCUT2D eigenvalue weighted by Crippen LogP contribution is 2.12. The van der Waals surface area contributed by atoms with E-state index >= 15 is 0 Å². The third-order valence-corrected chi connectivity index (χ3v) is 3.06. The van der Waals surface area contributed by atoms with Gasteiger partial charge in [0.15, 0.2) is 0 Å². The standard InChI is InChI=1S/C14H15BrN2O/c1-16-14-8-12(6-7-17-14)10-18-9-11-2-4-13(15)5-3-11/h2-8H,9-10H2,1H3,(H,16,17). The van der Waals surface area contributed by atoms with Crippen LogP contribution in [-0.4, -0.2) is 12.0 Å². The monoisotopic (exact) mass is 306 g/mol. The second-order valence-corrected chi connectivity index (χ2v) is 4.83. The molecule has 2 aromatic rings. The van der Waals surface area contributed by atoms with Crippen molar-refractivity contribution in [1.29, 1.82) is 0 Å². The number of pyridine rings is 1. The minimum atomic E-state index is 0.591. The zero-order chi connectivity index (χ0) is 12.8. The Morgan fingerprint density at radius 3 is 2.56 bits per heavy atom. The number of nitrogens with one attached hydrogen (secondary N) is 1. The highest BCUT2D eigenvalue weighted by molar-refractivity contribution is 9.10. The molecule has 0 spiro atoms. The molecule has 0 aliphatic carbocycles. The molecule has 0 aliphatic heterocycles. The molecule has 4 heteroatoms. The molecule has 1 heterocycles. The molecule has 1 aromatic carbocycles. The molecule has 0 radical (unpaired) electrons. The summed E-state index contributed by atoms with van der Waals surface area (Å²) in [6, 6.07) is 12.1. The molecule has 3 nitrogen and oxygen atoms in total. The zero-order valence-corrected chi connectivity index (χ0v) is 11.8. The number of halogens is 1. The van der Waals surface area contributed by atoms with E-state index in [0.29, 0.717) is 13.2 Å². The van der Waals surface area contributed by atoms with E-state index < -0.39 is 0 Å². The average molecular weight is 307 g/mol. The first-order valence-electron chi connectivity index (χ1n) is 5.73. The minimum Gasteiger partial charge on any atom is -0.373 e. The van der Waals surface area contributed by atoms with Crippen molar-refractivity contribution in [3.63, 3.8) is 0 Å². The van der Waals surface area contributed by atoms with Crippen molar-refractivity contribution in [3.05, 3.63) is 58.2 Å². The molecule has 0 bridgehead atoms. The quantitative estimate of drug-likeness (QED) is 0.916. The van der Waals surface area contributed by atoms with Crippen molar-refractivity contribution >= 4 is 21.7 Å². The van der Waals surface area contributed by atoms with Crippen LogP contribution in [0.25, 0.3) is 0 Å². The Morgan fingerprint density at radius 1 is 1.11 bits per heavy atom.